The minimum atomic E-state index is -0.488. The number of amides is 1. The Bertz CT molecular complexity index is 1340. The van der Waals surface area contributed by atoms with Crippen molar-refractivity contribution in [1.82, 2.24) is 24.4 Å². The van der Waals surface area contributed by atoms with Crippen molar-refractivity contribution in [2.24, 2.45) is 7.05 Å². The van der Waals surface area contributed by atoms with Crippen LogP contribution >= 0.6 is 11.3 Å². The van der Waals surface area contributed by atoms with Crippen molar-refractivity contribution < 1.29 is 9.53 Å². The second kappa shape index (κ2) is 8.96. The summed E-state index contributed by atoms with van der Waals surface area (Å²) in [6, 6.07) is 7.04. The summed E-state index contributed by atoms with van der Waals surface area (Å²) in [6.07, 6.45) is 5.17. The van der Waals surface area contributed by atoms with Gasteiger partial charge >= 0.3 is 0 Å². The number of para-hydroxylation sites is 1. The molecule has 0 aliphatic heterocycles. The molecule has 0 spiro atoms. The maximum atomic E-state index is 12.9. The molecule has 4 rings (SSSR count). The predicted octanol–water partition coefficient (Wildman–Crippen LogP) is 3.11. The molecule has 0 saturated heterocycles. The number of hydrogen-bond acceptors (Lipinski definition) is 6. The molecule has 0 saturated carbocycles. The molecule has 0 fully saturated rings. The molecule has 32 heavy (non-hydrogen) atoms. The van der Waals surface area contributed by atoms with Crippen LogP contribution in [0.5, 0.6) is 5.75 Å². The first-order valence-corrected chi connectivity index (χ1v) is 11.1. The highest BCUT2D eigenvalue weighted by molar-refractivity contribution is 7.18. The average molecular weight is 452 g/mol. The Labute approximate surface area is 189 Å². The number of carbonyl (C=O) groups is 1. The molecule has 3 aromatic heterocycles. The monoisotopic (exact) mass is 451 g/mol. The van der Waals surface area contributed by atoms with Crippen molar-refractivity contribution in [2.45, 2.75) is 32.9 Å². The van der Waals surface area contributed by atoms with Gasteiger partial charge in [-0.15, -0.1) is 11.3 Å². The molecule has 1 N–H and O–H groups in total. The van der Waals surface area contributed by atoms with E-state index in [1.165, 1.54) is 22.2 Å². The second-order valence-electron chi connectivity index (χ2n) is 7.60. The quantitative estimate of drug-likeness (QED) is 0.466. The standard InChI is InChI=1S/C23H25N5O3S/c1-14-15(2)32-22-19(14)23(30)28(13-25-22)11-9-18(29)26-20(21-24-10-12-27(21)3)16-7-5-6-8-17(16)31-4/h5-8,10,12-13,20H,9,11H2,1-4H3,(H,26,29). The van der Waals surface area contributed by atoms with Gasteiger partial charge in [-0.25, -0.2) is 9.97 Å². The largest absolute Gasteiger partial charge is 0.496 e. The van der Waals surface area contributed by atoms with E-state index in [0.717, 1.165) is 20.8 Å². The van der Waals surface area contributed by atoms with Crippen LogP contribution in [0.4, 0.5) is 0 Å². The first kappa shape index (κ1) is 21.8. The Kier molecular flexibility index (Phi) is 6.09. The Morgan fingerprint density at radius 1 is 1.25 bits per heavy atom. The third-order valence-electron chi connectivity index (χ3n) is 5.61. The minimum absolute atomic E-state index is 0.116. The lowest BCUT2D eigenvalue weighted by atomic mass is 10.0. The summed E-state index contributed by atoms with van der Waals surface area (Å²) in [5, 5.41) is 3.69. The van der Waals surface area contributed by atoms with Crippen LogP contribution in [0.2, 0.25) is 0 Å². The molecule has 0 aliphatic rings. The number of hydrogen-bond donors (Lipinski definition) is 1. The Morgan fingerprint density at radius 2 is 2.03 bits per heavy atom. The van der Waals surface area contributed by atoms with Gasteiger partial charge in [-0.3, -0.25) is 14.2 Å². The predicted molar refractivity (Wildman–Crippen MR) is 124 cm³/mol. The first-order valence-electron chi connectivity index (χ1n) is 10.2. The van der Waals surface area contributed by atoms with E-state index in [4.69, 9.17) is 4.74 Å². The van der Waals surface area contributed by atoms with Crippen LogP contribution in [-0.4, -0.2) is 32.1 Å². The molecule has 166 valence electrons. The summed E-state index contributed by atoms with van der Waals surface area (Å²) in [5.74, 6) is 1.15. The number of carbonyl (C=O) groups excluding carboxylic acids is 1. The van der Waals surface area contributed by atoms with Crippen molar-refractivity contribution in [2.75, 3.05) is 7.11 Å². The van der Waals surface area contributed by atoms with Crippen LogP contribution in [-0.2, 0) is 18.4 Å². The average Bonchev–Trinajstić information content (AvgIpc) is 3.34. The Hall–Kier alpha value is -3.46. The van der Waals surface area contributed by atoms with Crippen molar-refractivity contribution in [1.29, 1.82) is 0 Å². The number of imidazole rings is 1. The van der Waals surface area contributed by atoms with E-state index < -0.39 is 6.04 Å². The summed E-state index contributed by atoms with van der Waals surface area (Å²) in [6.45, 7) is 4.15. The van der Waals surface area contributed by atoms with Crippen LogP contribution in [0.15, 0.2) is 47.8 Å². The number of ether oxygens (including phenoxy) is 1. The maximum absolute atomic E-state index is 12.9. The number of aromatic nitrogens is 4. The van der Waals surface area contributed by atoms with Crippen LogP contribution in [0.3, 0.4) is 0 Å². The van der Waals surface area contributed by atoms with Crippen molar-refractivity contribution in [3.05, 3.63) is 75.2 Å². The van der Waals surface area contributed by atoms with Gasteiger partial charge in [0, 0.05) is 42.8 Å². The van der Waals surface area contributed by atoms with E-state index in [1.807, 2.05) is 55.9 Å². The fourth-order valence-corrected chi connectivity index (χ4v) is 4.71. The lowest BCUT2D eigenvalue weighted by molar-refractivity contribution is -0.121. The van der Waals surface area contributed by atoms with Gasteiger partial charge in [0.25, 0.3) is 5.56 Å². The summed E-state index contributed by atoms with van der Waals surface area (Å²) in [4.78, 5) is 36.5. The topological polar surface area (TPSA) is 91.0 Å². The van der Waals surface area contributed by atoms with Gasteiger partial charge in [-0.05, 0) is 25.5 Å². The third-order valence-corrected chi connectivity index (χ3v) is 6.72. The zero-order chi connectivity index (χ0) is 22.8. The molecule has 1 amide bonds. The summed E-state index contributed by atoms with van der Waals surface area (Å²) in [5.41, 5.74) is 1.64. The van der Waals surface area contributed by atoms with Gasteiger partial charge < -0.3 is 14.6 Å². The highest BCUT2D eigenvalue weighted by atomic mass is 32.1. The second-order valence-corrected chi connectivity index (χ2v) is 8.80. The van der Waals surface area contributed by atoms with E-state index in [0.29, 0.717) is 17.0 Å². The van der Waals surface area contributed by atoms with E-state index >= 15 is 0 Å². The number of thiophene rings is 1. The minimum Gasteiger partial charge on any atom is -0.496 e. The highest BCUT2D eigenvalue weighted by Gasteiger charge is 2.24. The van der Waals surface area contributed by atoms with E-state index in [1.54, 1.807) is 13.3 Å². The molecular weight excluding hydrogens is 426 g/mol. The van der Waals surface area contributed by atoms with Gasteiger partial charge in [-0.2, -0.15) is 0 Å². The van der Waals surface area contributed by atoms with Crippen LogP contribution in [0.1, 0.15) is 34.3 Å². The number of fused-ring (bicyclic) bond motifs is 1. The van der Waals surface area contributed by atoms with Crippen LogP contribution in [0, 0.1) is 13.8 Å². The van der Waals surface area contributed by atoms with Gasteiger partial charge in [0.05, 0.1) is 18.8 Å². The van der Waals surface area contributed by atoms with Gasteiger partial charge in [0.1, 0.15) is 22.4 Å². The van der Waals surface area contributed by atoms with Crippen molar-refractivity contribution in [3.8, 4) is 5.75 Å². The molecule has 1 aromatic carbocycles. The fourth-order valence-electron chi connectivity index (χ4n) is 3.73. The van der Waals surface area contributed by atoms with E-state index in [2.05, 4.69) is 15.3 Å². The van der Waals surface area contributed by atoms with Gasteiger partial charge in [-0.1, -0.05) is 18.2 Å². The SMILES string of the molecule is COc1ccccc1C(NC(=O)CCn1cnc2sc(C)c(C)c2c1=O)c1nccn1C. The molecule has 9 heteroatoms. The number of rotatable bonds is 7. The number of nitrogens with one attached hydrogen (secondary N) is 1. The zero-order valence-electron chi connectivity index (χ0n) is 18.5. The van der Waals surface area contributed by atoms with Crippen LogP contribution in [0.25, 0.3) is 10.2 Å². The molecule has 0 aliphatic carbocycles. The Balaban J connectivity index is 1.57. The molecule has 1 unspecified atom stereocenters. The molecule has 0 bridgehead atoms. The Morgan fingerprint density at radius 3 is 2.75 bits per heavy atom. The first-order chi connectivity index (χ1) is 15.4. The fraction of sp³-hybridized carbons (Fsp3) is 0.304. The molecule has 8 nitrogen and oxygen atoms in total. The summed E-state index contributed by atoms with van der Waals surface area (Å²) in [7, 11) is 3.47. The van der Waals surface area contributed by atoms with Gasteiger partial charge in [0.15, 0.2) is 0 Å². The lowest BCUT2D eigenvalue weighted by Gasteiger charge is -2.21. The number of benzene rings is 1. The normalized spacial score (nSPS) is 12.1. The smallest absolute Gasteiger partial charge is 0.262 e. The zero-order valence-corrected chi connectivity index (χ0v) is 19.3. The number of nitrogens with zero attached hydrogens (tertiary/aromatic N) is 4. The van der Waals surface area contributed by atoms with Gasteiger partial charge in [0.2, 0.25) is 5.91 Å². The summed E-state index contributed by atoms with van der Waals surface area (Å²) < 4.78 is 8.87. The third kappa shape index (κ3) is 4.03. The lowest BCUT2D eigenvalue weighted by Crippen LogP contribution is -2.33. The molecule has 1 atom stereocenters. The van der Waals surface area contributed by atoms with Crippen molar-refractivity contribution in [3.63, 3.8) is 0 Å². The molecular formula is C23H25N5O3S. The number of methoxy groups -OCH3 is 1. The molecule has 0 radical (unpaired) electrons. The summed E-state index contributed by atoms with van der Waals surface area (Å²) >= 11 is 1.51. The highest BCUT2D eigenvalue weighted by Crippen LogP contribution is 2.29. The van der Waals surface area contributed by atoms with Crippen molar-refractivity contribution >= 4 is 27.5 Å². The molecule has 4 aromatic rings. The van der Waals surface area contributed by atoms with E-state index in [9.17, 15) is 9.59 Å². The van der Waals surface area contributed by atoms with Crippen LogP contribution < -0.4 is 15.6 Å². The molecule has 3 heterocycles. The van der Waals surface area contributed by atoms with E-state index in [-0.39, 0.29) is 24.4 Å². The number of aryl methyl sites for hydroxylation is 4. The maximum Gasteiger partial charge on any atom is 0.262 e.